The van der Waals surface area contributed by atoms with Crippen molar-refractivity contribution in [2.45, 2.75) is 78.5 Å². The van der Waals surface area contributed by atoms with E-state index in [-0.39, 0.29) is 29.8 Å². The predicted octanol–water partition coefficient (Wildman–Crippen LogP) is 3.41. The molecule has 0 aliphatic carbocycles. The zero-order valence-corrected chi connectivity index (χ0v) is 21.7. The summed E-state index contributed by atoms with van der Waals surface area (Å²) in [5, 5.41) is 18.8. The lowest BCUT2D eigenvalue weighted by Gasteiger charge is -2.28. The second kappa shape index (κ2) is 11.5. The van der Waals surface area contributed by atoms with Crippen LogP contribution in [0.2, 0.25) is 0 Å². The molecular weight excluding hydrogens is 458 g/mol. The Morgan fingerprint density at radius 1 is 1.25 bits per heavy atom. The van der Waals surface area contributed by atoms with Gasteiger partial charge in [0.1, 0.15) is 23.5 Å². The number of benzene rings is 1. The summed E-state index contributed by atoms with van der Waals surface area (Å²) in [7, 11) is 0. The number of carbonyl (C=O) groups excluding carboxylic acids is 3. The molecule has 2 heterocycles. The molecule has 1 aromatic heterocycles. The van der Waals surface area contributed by atoms with Crippen LogP contribution in [0.25, 0.3) is 10.9 Å². The minimum absolute atomic E-state index is 0.0181. The summed E-state index contributed by atoms with van der Waals surface area (Å²) in [6.07, 6.45) is 2.12. The molecule has 3 rings (SSSR count). The fourth-order valence-corrected chi connectivity index (χ4v) is 4.43. The van der Waals surface area contributed by atoms with Gasteiger partial charge in [0.05, 0.1) is 12.2 Å². The van der Waals surface area contributed by atoms with Crippen molar-refractivity contribution in [3.05, 3.63) is 30.0 Å². The SMILES string of the molecule is CC(C)Oc1cccc2[nH]c(C(=O)N[C@@H](CC(C)(C)C)C(=O)N[C@H](C#N)C[C@@H]3CCCNC3=O)cc12. The summed E-state index contributed by atoms with van der Waals surface area (Å²) < 4.78 is 5.86. The van der Waals surface area contributed by atoms with Crippen molar-refractivity contribution in [1.29, 1.82) is 5.26 Å². The number of nitriles is 1. The van der Waals surface area contributed by atoms with E-state index in [9.17, 15) is 19.6 Å². The van der Waals surface area contributed by atoms with E-state index >= 15 is 0 Å². The zero-order chi connectivity index (χ0) is 26.5. The Balaban J connectivity index is 1.75. The van der Waals surface area contributed by atoms with Crippen LogP contribution in [0.15, 0.2) is 24.3 Å². The van der Waals surface area contributed by atoms with E-state index in [0.717, 1.165) is 17.3 Å². The van der Waals surface area contributed by atoms with Gasteiger partial charge in [0.15, 0.2) is 0 Å². The molecular formula is C27H37N5O4. The average molecular weight is 496 g/mol. The maximum Gasteiger partial charge on any atom is 0.268 e. The summed E-state index contributed by atoms with van der Waals surface area (Å²) in [4.78, 5) is 41.6. The fourth-order valence-electron chi connectivity index (χ4n) is 4.43. The van der Waals surface area contributed by atoms with Crippen LogP contribution < -0.4 is 20.7 Å². The van der Waals surface area contributed by atoms with Gasteiger partial charge in [-0.25, -0.2) is 0 Å². The van der Waals surface area contributed by atoms with Gasteiger partial charge >= 0.3 is 0 Å². The van der Waals surface area contributed by atoms with Crippen molar-refractivity contribution in [3.63, 3.8) is 0 Å². The van der Waals surface area contributed by atoms with Crippen molar-refractivity contribution < 1.29 is 19.1 Å². The summed E-state index contributed by atoms with van der Waals surface area (Å²) >= 11 is 0. The molecule has 1 fully saturated rings. The molecule has 4 N–H and O–H groups in total. The lowest BCUT2D eigenvalue weighted by atomic mass is 9.87. The number of piperidine rings is 1. The molecule has 194 valence electrons. The highest BCUT2D eigenvalue weighted by Crippen LogP contribution is 2.28. The van der Waals surface area contributed by atoms with Gasteiger partial charge in [0.25, 0.3) is 5.91 Å². The lowest BCUT2D eigenvalue weighted by Crippen LogP contribution is -2.51. The molecule has 9 nitrogen and oxygen atoms in total. The quantitative estimate of drug-likeness (QED) is 0.423. The standard InChI is InChI=1S/C27H37N5O4/c1-16(2)36-23-10-6-9-20-19(23)13-21(31-20)25(34)32-22(14-27(3,4)5)26(35)30-18(15-28)12-17-8-7-11-29-24(17)33/h6,9-10,13,16-18,22,31H,7-8,11-12,14H2,1-5H3,(H,29,33)(H,30,35)(H,32,34)/t17-,18-,22-/m0/s1. The van der Waals surface area contributed by atoms with Crippen LogP contribution in [0.4, 0.5) is 0 Å². The molecule has 3 amide bonds. The highest BCUT2D eigenvalue weighted by Gasteiger charge is 2.31. The van der Waals surface area contributed by atoms with Gasteiger partial charge in [0.2, 0.25) is 11.8 Å². The first-order valence-corrected chi connectivity index (χ1v) is 12.5. The molecule has 1 aliphatic rings. The number of fused-ring (bicyclic) bond motifs is 1. The monoisotopic (exact) mass is 495 g/mol. The summed E-state index contributed by atoms with van der Waals surface area (Å²) in [5.74, 6) is -0.597. The smallest absolute Gasteiger partial charge is 0.268 e. The third-order valence-corrected chi connectivity index (χ3v) is 6.06. The molecule has 0 spiro atoms. The zero-order valence-electron chi connectivity index (χ0n) is 21.7. The minimum Gasteiger partial charge on any atom is -0.490 e. The van der Waals surface area contributed by atoms with E-state index < -0.39 is 23.9 Å². The molecule has 0 radical (unpaired) electrons. The molecule has 36 heavy (non-hydrogen) atoms. The highest BCUT2D eigenvalue weighted by atomic mass is 16.5. The van der Waals surface area contributed by atoms with Crippen LogP contribution in [0, 0.1) is 22.7 Å². The first-order valence-electron chi connectivity index (χ1n) is 12.5. The van der Waals surface area contributed by atoms with E-state index in [1.54, 1.807) is 6.07 Å². The van der Waals surface area contributed by atoms with Crippen LogP contribution in [-0.4, -0.2) is 47.4 Å². The Labute approximate surface area is 212 Å². The van der Waals surface area contributed by atoms with Crippen LogP contribution in [0.5, 0.6) is 5.75 Å². The molecule has 3 atom stereocenters. The van der Waals surface area contributed by atoms with Gasteiger partial charge in [0, 0.05) is 23.4 Å². The highest BCUT2D eigenvalue weighted by molar-refractivity contribution is 6.01. The van der Waals surface area contributed by atoms with Gasteiger partial charge in [-0.15, -0.1) is 0 Å². The summed E-state index contributed by atoms with van der Waals surface area (Å²) in [6, 6.07) is 7.69. The van der Waals surface area contributed by atoms with Gasteiger partial charge in [-0.3, -0.25) is 14.4 Å². The third-order valence-electron chi connectivity index (χ3n) is 6.06. The number of nitrogens with one attached hydrogen (secondary N) is 4. The fraction of sp³-hybridized carbons (Fsp3) is 0.556. The summed E-state index contributed by atoms with van der Waals surface area (Å²) in [5.41, 5.74) is 0.803. The molecule has 9 heteroatoms. The summed E-state index contributed by atoms with van der Waals surface area (Å²) in [6.45, 7) is 10.4. The maximum atomic E-state index is 13.2. The maximum absolute atomic E-state index is 13.2. The minimum atomic E-state index is -0.855. The van der Waals surface area contributed by atoms with Gasteiger partial charge in [-0.1, -0.05) is 26.8 Å². The molecule has 0 bridgehead atoms. The number of nitrogens with zero attached hydrogens (tertiary/aromatic N) is 1. The first kappa shape index (κ1) is 27.1. The number of amides is 3. The second-order valence-corrected chi connectivity index (χ2v) is 10.9. The Morgan fingerprint density at radius 3 is 2.64 bits per heavy atom. The normalized spacial score (nSPS) is 17.7. The third kappa shape index (κ3) is 7.23. The number of rotatable bonds is 9. The molecule has 0 saturated carbocycles. The van der Waals surface area contributed by atoms with Crippen molar-refractivity contribution in [2.24, 2.45) is 11.3 Å². The van der Waals surface area contributed by atoms with Gasteiger partial charge in [-0.2, -0.15) is 5.26 Å². The van der Waals surface area contributed by atoms with E-state index in [1.165, 1.54) is 0 Å². The Hall–Kier alpha value is -3.54. The average Bonchev–Trinajstić information content (AvgIpc) is 3.24. The molecule has 2 aromatic rings. The largest absolute Gasteiger partial charge is 0.490 e. The van der Waals surface area contributed by atoms with Crippen LogP contribution >= 0.6 is 0 Å². The van der Waals surface area contributed by atoms with Crippen molar-refractivity contribution >= 4 is 28.6 Å². The predicted molar refractivity (Wildman–Crippen MR) is 137 cm³/mol. The number of aromatic nitrogens is 1. The number of H-pyrrole nitrogens is 1. The molecule has 1 aliphatic heterocycles. The Kier molecular flexibility index (Phi) is 8.62. The molecule has 1 aromatic carbocycles. The van der Waals surface area contributed by atoms with Crippen LogP contribution in [0.1, 0.15) is 70.8 Å². The van der Waals surface area contributed by atoms with Crippen molar-refractivity contribution in [3.8, 4) is 11.8 Å². The number of aromatic amines is 1. The number of hydrogen-bond donors (Lipinski definition) is 4. The Morgan fingerprint density at radius 2 is 2.00 bits per heavy atom. The van der Waals surface area contributed by atoms with Crippen LogP contribution in [-0.2, 0) is 9.59 Å². The topological polar surface area (TPSA) is 136 Å². The Bertz CT molecular complexity index is 1140. The number of hydrogen-bond acceptors (Lipinski definition) is 5. The van der Waals surface area contributed by atoms with E-state index in [0.29, 0.717) is 30.8 Å². The first-order chi connectivity index (χ1) is 17.0. The van der Waals surface area contributed by atoms with Crippen LogP contribution in [0.3, 0.4) is 0 Å². The van der Waals surface area contributed by atoms with Gasteiger partial charge in [-0.05, 0) is 63.1 Å². The second-order valence-electron chi connectivity index (χ2n) is 10.9. The lowest BCUT2D eigenvalue weighted by molar-refractivity contribution is -0.128. The van der Waals surface area contributed by atoms with E-state index in [1.807, 2.05) is 52.8 Å². The van der Waals surface area contributed by atoms with Crippen molar-refractivity contribution in [1.82, 2.24) is 20.9 Å². The van der Waals surface area contributed by atoms with E-state index in [2.05, 4.69) is 27.0 Å². The molecule has 0 unspecified atom stereocenters. The van der Waals surface area contributed by atoms with Gasteiger partial charge < -0.3 is 25.7 Å². The number of ether oxygens (including phenoxy) is 1. The number of carbonyl (C=O) groups is 3. The van der Waals surface area contributed by atoms with E-state index in [4.69, 9.17) is 4.74 Å². The van der Waals surface area contributed by atoms with Crippen molar-refractivity contribution in [2.75, 3.05) is 6.54 Å². The molecule has 1 saturated heterocycles.